The Morgan fingerprint density at radius 1 is 1.03 bits per heavy atom. The van der Waals surface area contributed by atoms with E-state index in [9.17, 15) is 9.59 Å². The zero-order chi connectivity index (χ0) is 20.9. The summed E-state index contributed by atoms with van der Waals surface area (Å²) in [5.74, 6) is -0.210. The molecule has 0 spiro atoms. The van der Waals surface area contributed by atoms with Gasteiger partial charge < -0.3 is 10.2 Å². The van der Waals surface area contributed by atoms with Gasteiger partial charge in [-0.05, 0) is 30.3 Å². The van der Waals surface area contributed by atoms with Crippen LogP contribution < -0.4 is 10.9 Å². The molecule has 156 valence electrons. The van der Waals surface area contributed by atoms with Crippen molar-refractivity contribution < 1.29 is 4.79 Å². The lowest BCUT2D eigenvalue weighted by atomic mass is 10.1. The maximum absolute atomic E-state index is 12.5. The van der Waals surface area contributed by atoms with E-state index in [1.165, 1.54) is 16.5 Å². The summed E-state index contributed by atoms with van der Waals surface area (Å²) in [5.41, 5.74) is 2.74. The lowest BCUT2D eigenvalue weighted by Gasteiger charge is -2.32. The van der Waals surface area contributed by atoms with Crippen molar-refractivity contribution in [2.45, 2.75) is 19.6 Å². The molecule has 3 aromatic rings. The minimum Gasteiger partial charge on any atom is -0.350 e. The van der Waals surface area contributed by atoms with Crippen molar-refractivity contribution in [2.24, 2.45) is 0 Å². The van der Waals surface area contributed by atoms with Crippen LogP contribution in [0, 0.1) is 0 Å². The highest BCUT2D eigenvalue weighted by molar-refractivity contribution is 5.78. The summed E-state index contributed by atoms with van der Waals surface area (Å²) in [6, 6.07) is 15.5. The fourth-order valence-electron chi connectivity index (χ4n) is 3.73. The Balaban J connectivity index is 1.34. The summed E-state index contributed by atoms with van der Waals surface area (Å²) < 4.78 is 1.35. The van der Waals surface area contributed by atoms with Gasteiger partial charge in [0.25, 0.3) is 5.56 Å². The standard InChI is InChI=1S/C23H27N5O2/c1-26-9-11-27(12-10-26)15-19-6-4-5-18(13-19)14-24-22(29)16-28-17-25-21-8-3-2-7-20(21)23(28)30/h2-8,13,17H,9-12,14-16H2,1H3,(H,24,29). The molecule has 4 rings (SSSR count). The van der Waals surface area contributed by atoms with Gasteiger partial charge in [0.15, 0.2) is 0 Å². The largest absolute Gasteiger partial charge is 0.350 e. The highest BCUT2D eigenvalue weighted by Crippen LogP contribution is 2.10. The van der Waals surface area contributed by atoms with E-state index >= 15 is 0 Å². The molecule has 7 nitrogen and oxygen atoms in total. The monoisotopic (exact) mass is 405 g/mol. The second kappa shape index (κ2) is 9.19. The van der Waals surface area contributed by atoms with E-state index in [0.29, 0.717) is 17.4 Å². The SMILES string of the molecule is CN1CCN(Cc2cccc(CNC(=O)Cn3cnc4ccccc4c3=O)c2)CC1. The first-order valence-electron chi connectivity index (χ1n) is 10.3. The third-order valence-corrected chi connectivity index (χ3v) is 5.53. The molecule has 1 amide bonds. The normalized spacial score (nSPS) is 15.4. The van der Waals surface area contributed by atoms with Gasteiger partial charge in [0.1, 0.15) is 6.54 Å². The Labute approximate surface area is 175 Å². The van der Waals surface area contributed by atoms with Crippen LogP contribution in [-0.4, -0.2) is 58.5 Å². The number of hydrogen-bond donors (Lipinski definition) is 1. The first kappa shape index (κ1) is 20.3. The number of piperazine rings is 1. The highest BCUT2D eigenvalue weighted by atomic mass is 16.2. The molecule has 2 heterocycles. The number of nitrogens with zero attached hydrogens (tertiary/aromatic N) is 4. The first-order valence-corrected chi connectivity index (χ1v) is 10.3. The minimum absolute atomic E-state index is 0.0440. The molecular formula is C23H27N5O2. The van der Waals surface area contributed by atoms with Crippen LogP contribution in [0.5, 0.6) is 0 Å². The highest BCUT2D eigenvalue weighted by Gasteiger charge is 2.14. The molecule has 0 atom stereocenters. The number of carbonyl (C=O) groups is 1. The zero-order valence-electron chi connectivity index (χ0n) is 17.3. The van der Waals surface area contributed by atoms with E-state index in [4.69, 9.17) is 0 Å². The Morgan fingerprint density at radius 3 is 2.63 bits per heavy atom. The van der Waals surface area contributed by atoms with E-state index in [-0.39, 0.29) is 18.0 Å². The Bertz CT molecular complexity index is 1090. The lowest BCUT2D eigenvalue weighted by molar-refractivity contribution is -0.121. The van der Waals surface area contributed by atoms with E-state index in [2.05, 4.69) is 39.3 Å². The molecule has 1 saturated heterocycles. The van der Waals surface area contributed by atoms with Crippen LogP contribution >= 0.6 is 0 Å². The number of para-hydroxylation sites is 1. The summed E-state index contributed by atoms with van der Waals surface area (Å²) in [5, 5.41) is 3.43. The number of carbonyl (C=O) groups excluding carboxylic acids is 1. The second-order valence-electron chi connectivity index (χ2n) is 7.87. The Hall–Kier alpha value is -3.03. The molecule has 1 aromatic heterocycles. The molecule has 1 fully saturated rings. The summed E-state index contributed by atoms with van der Waals surface area (Å²) >= 11 is 0. The van der Waals surface area contributed by atoms with Gasteiger partial charge in [0, 0.05) is 39.3 Å². The number of hydrogen-bond acceptors (Lipinski definition) is 5. The van der Waals surface area contributed by atoms with Crippen molar-refractivity contribution in [3.63, 3.8) is 0 Å². The molecule has 1 aliphatic rings. The molecule has 0 aliphatic carbocycles. The summed E-state index contributed by atoms with van der Waals surface area (Å²) in [4.78, 5) is 34.0. The lowest BCUT2D eigenvalue weighted by Crippen LogP contribution is -2.43. The maximum atomic E-state index is 12.5. The van der Waals surface area contributed by atoms with Crippen LogP contribution in [-0.2, 0) is 24.4 Å². The van der Waals surface area contributed by atoms with Crippen molar-refractivity contribution >= 4 is 16.8 Å². The predicted octanol–water partition coefficient (Wildman–Crippen LogP) is 1.46. The topological polar surface area (TPSA) is 70.5 Å². The molecule has 7 heteroatoms. The van der Waals surface area contributed by atoms with Crippen molar-refractivity contribution in [1.82, 2.24) is 24.7 Å². The van der Waals surface area contributed by atoms with Gasteiger partial charge in [-0.2, -0.15) is 0 Å². The van der Waals surface area contributed by atoms with Crippen molar-refractivity contribution in [1.29, 1.82) is 0 Å². The molecule has 0 saturated carbocycles. The molecular weight excluding hydrogens is 378 g/mol. The number of likely N-dealkylation sites (N-methyl/N-ethyl adjacent to an activating group) is 1. The van der Waals surface area contributed by atoms with Crippen LogP contribution in [0.3, 0.4) is 0 Å². The van der Waals surface area contributed by atoms with Crippen LogP contribution in [0.25, 0.3) is 10.9 Å². The number of aromatic nitrogens is 2. The third-order valence-electron chi connectivity index (χ3n) is 5.53. The summed E-state index contributed by atoms with van der Waals surface area (Å²) in [6.45, 7) is 5.66. The van der Waals surface area contributed by atoms with E-state index in [1.54, 1.807) is 18.2 Å². The second-order valence-corrected chi connectivity index (χ2v) is 7.87. The number of nitrogens with one attached hydrogen (secondary N) is 1. The molecule has 1 N–H and O–H groups in total. The maximum Gasteiger partial charge on any atom is 0.261 e. The predicted molar refractivity (Wildman–Crippen MR) is 117 cm³/mol. The molecule has 2 aromatic carbocycles. The van der Waals surface area contributed by atoms with E-state index in [0.717, 1.165) is 38.3 Å². The summed E-state index contributed by atoms with van der Waals surface area (Å²) in [7, 11) is 2.16. The van der Waals surface area contributed by atoms with Crippen molar-refractivity contribution in [3.05, 3.63) is 76.3 Å². The van der Waals surface area contributed by atoms with Crippen LogP contribution in [0.15, 0.2) is 59.7 Å². The first-order chi connectivity index (χ1) is 14.6. The molecule has 0 unspecified atom stereocenters. The molecule has 0 bridgehead atoms. The average Bonchev–Trinajstić information content (AvgIpc) is 2.76. The molecule has 1 aliphatic heterocycles. The van der Waals surface area contributed by atoms with Gasteiger partial charge in [-0.25, -0.2) is 4.98 Å². The fourth-order valence-corrected chi connectivity index (χ4v) is 3.73. The number of amides is 1. The van der Waals surface area contributed by atoms with Gasteiger partial charge in [0.05, 0.1) is 17.2 Å². The number of rotatable bonds is 6. The van der Waals surface area contributed by atoms with Crippen LogP contribution in [0.4, 0.5) is 0 Å². The van der Waals surface area contributed by atoms with Crippen LogP contribution in [0.1, 0.15) is 11.1 Å². The van der Waals surface area contributed by atoms with Crippen molar-refractivity contribution in [2.75, 3.05) is 33.2 Å². The van der Waals surface area contributed by atoms with Gasteiger partial charge in [-0.3, -0.25) is 19.1 Å². The van der Waals surface area contributed by atoms with E-state index in [1.807, 2.05) is 18.2 Å². The average molecular weight is 406 g/mol. The van der Waals surface area contributed by atoms with Crippen LogP contribution in [0.2, 0.25) is 0 Å². The Morgan fingerprint density at radius 2 is 1.80 bits per heavy atom. The smallest absolute Gasteiger partial charge is 0.261 e. The van der Waals surface area contributed by atoms with E-state index < -0.39 is 0 Å². The minimum atomic E-state index is -0.210. The van der Waals surface area contributed by atoms with Gasteiger partial charge in [-0.15, -0.1) is 0 Å². The quantitative estimate of drug-likeness (QED) is 0.672. The van der Waals surface area contributed by atoms with Gasteiger partial charge in [-0.1, -0.05) is 36.4 Å². The Kier molecular flexibility index (Phi) is 6.21. The van der Waals surface area contributed by atoms with Gasteiger partial charge >= 0.3 is 0 Å². The van der Waals surface area contributed by atoms with Crippen molar-refractivity contribution in [3.8, 4) is 0 Å². The third kappa shape index (κ3) is 4.93. The number of benzene rings is 2. The fraction of sp³-hybridized carbons (Fsp3) is 0.348. The van der Waals surface area contributed by atoms with Gasteiger partial charge in [0.2, 0.25) is 5.91 Å². The zero-order valence-corrected chi connectivity index (χ0v) is 17.3. The molecule has 30 heavy (non-hydrogen) atoms. The molecule has 0 radical (unpaired) electrons. The summed E-state index contributed by atoms with van der Waals surface area (Å²) in [6.07, 6.45) is 1.43. The number of fused-ring (bicyclic) bond motifs is 1.